The summed E-state index contributed by atoms with van der Waals surface area (Å²) >= 11 is 1.59. The van der Waals surface area contributed by atoms with Crippen molar-refractivity contribution in [1.82, 2.24) is 4.98 Å². The van der Waals surface area contributed by atoms with Crippen LogP contribution in [0.25, 0.3) is 0 Å². The van der Waals surface area contributed by atoms with Crippen LogP contribution in [0, 0.1) is 17.0 Å². The van der Waals surface area contributed by atoms with Gasteiger partial charge in [0.2, 0.25) is 0 Å². The molecule has 0 aliphatic rings. The molecule has 1 unspecified atom stereocenters. The van der Waals surface area contributed by atoms with Gasteiger partial charge >= 0.3 is 0 Å². The summed E-state index contributed by atoms with van der Waals surface area (Å²) in [5.74, 6) is 5.32. The van der Waals surface area contributed by atoms with Crippen molar-refractivity contribution in [3.8, 4) is 0 Å². The van der Waals surface area contributed by atoms with Crippen molar-refractivity contribution in [3.63, 3.8) is 0 Å². The molecule has 1 aromatic carbocycles. The zero-order valence-electron chi connectivity index (χ0n) is 11.1. The maximum atomic E-state index is 10.9. The number of nitro groups is 1. The lowest BCUT2D eigenvalue weighted by Crippen LogP contribution is -2.10. The number of hydrazine groups is 1. The molecule has 1 atom stereocenters. The van der Waals surface area contributed by atoms with Crippen LogP contribution >= 0.6 is 11.3 Å². The van der Waals surface area contributed by atoms with Gasteiger partial charge in [0.1, 0.15) is 5.01 Å². The minimum absolute atomic E-state index is 0.0227. The molecule has 2 rings (SSSR count). The fraction of sp³-hybridized carbons (Fsp3) is 0.250. The number of aryl methyl sites for hydroxylation is 1. The predicted octanol–water partition coefficient (Wildman–Crippen LogP) is 2.82. The highest BCUT2D eigenvalue weighted by molar-refractivity contribution is 7.11. The topological polar surface area (TPSA) is 106 Å². The monoisotopic (exact) mass is 293 g/mol. The summed E-state index contributed by atoms with van der Waals surface area (Å²) < 4.78 is 0. The first-order chi connectivity index (χ1) is 9.49. The van der Waals surface area contributed by atoms with E-state index in [1.807, 2.05) is 13.8 Å². The van der Waals surface area contributed by atoms with Crippen molar-refractivity contribution in [2.45, 2.75) is 19.9 Å². The summed E-state index contributed by atoms with van der Waals surface area (Å²) in [5.41, 5.74) is 3.49. The lowest BCUT2D eigenvalue weighted by atomic mass is 10.2. The van der Waals surface area contributed by atoms with Gasteiger partial charge in [0.25, 0.3) is 5.69 Å². The molecule has 0 bridgehead atoms. The molecule has 8 heteroatoms. The number of nitrogen functional groups attached to an aromatic ring is 1. The van der Waals surface area contributed by atoms with Gasteiger partial charge < -0.3 is 10.7 Å². The number of nitrogens with zero attached hydrogens (tertiary/aromatic N) is 2. The molecule has 0 fully saturated rings. The highest BCUT2D eigenvalue weighted by atomic mass is 32.1. The number of hydrogen-bond donors (Lipinski definition) is 3. The zero-order chi connectivity index (χ0) is 14.7. The van der Waals surface area contributed by atoms with Gasteiger partial charge in [0.15, 0.2) is 0 Å². The summed E-state index contributed by atoms with van der Waals surface area (Å²) in [7, 11) is 0. The highest BCUT2D eigenvalue weighted by Gasteiger charge is 2.13. The number of nitrogens with one attached hydrogen (secondary N) is 2. The molecular formula is C12H15N5O2S. The van der Waals surface area contributed by atoms with Gasteiger partial charge in [-0.1, -0.05) is 0 Å². The largest absolute Gasteiger partial charge is 0.376 e. The van der Waals surface area contributed by atoms with Crippen LogP contribution in [0.1, 0.15) is 22.9 Å². The average Bonchev–Trinajstić information content (AvgIpc) is 2.85. The van der Waals surface area contributed by atoms with E-state index >= 15 is 0 Å². The molecule has 4 N–H and O–H groups in total. The van der Waals surface area contributed by atoms with E-state index in [2.05, 4.69) is 15.7 Å². The summed E-state index contributed by atoms with van der Waals surface area (Å²) in [5, 5.41) is 15.0. The van der Waals surface area contributed by atoms with Gasteiger partial charge in [-0.05, 0) is 19.9 Å². The fourth-order valence-electron chi connectivity index (χ4n) is 1.77. The first-order valence-electron chi connectivity index (χ1n) is 5.94. The second-order valence-electron chi connectivity index (χ2n) is 4.35. The fourth-order valence-corrected chi connectivity index (χ4v) is 2.54. The van der Waals surface area contributed by atoms with Crippen LogP contribution in [-0.2, 0) is 0 Å². The van der Waals surface area contributed by atoms with E-state index < -0.39 is 4.92 Å². The van der Waals surface area contributed by atoms with Crippen LogP contribution < -0.4 is 16.6 Å². The standard InChI is InChI=1S/C12H15N5O2S/c1-7-6-14-12(20-7)8(2)15-9-3-10(16-13)5-11(4-9)17(18)19/h3-6,8,15-16H,13H2,1-2H3. The Balaban J connectivity index is 2.24. The molecule has 1 aromatic heterocycles. The molecule has 0 amide bonds. The van der Waals surface area contributed by atoms with Crippen LogP contribution in [0.15, 0.2) is 24.4 Å². The SMILES string of the molecule is Cc1cnc(C(C)Nc2cc(NN)cc([N+](=O)[O-])c2)s1. The van der Waals surface area contributed by atoms with Crippen molar-refractivity contribution in [1.29, 1.82) is 0 Å². The summed E-state index contributed by atoms with van der Waals surface area (Å²) in [4.78, 5) is 15.8. The maximum absolute atomic E-state index is 10.9. The van der Waals surface area contributed by atoms with E-state index in [1.165, 1.54) is 12.1 Å². The van der Waals surface area contributed by atoms with E-state index in [9.17, 15) is 10.1 Å². The Morgan fingerprint density at radius 3 is 2.65 bits per heavy atom. The van der Waals surface area contributed by atoms with E-state index in [4.69, 9.17) is 5.84 Å². The van der Waals surface area contributed by atoms with Gasteiger partial charge in [-0.3, -0.25) is 16.0 Å². The van der Waals surface area contributed by atoms with Crippen molar-refractivity contribution in [2.75, 3.05) is 10.7 Å². The predicted molar refractivity (Wildman–Crippen MR) is 79.8 cm³/mol. The van der Waals surface area contributed by atoms with Crippen LogP contribution in [-0.4, -0.2) is 9.91 Å². The summed E-state index contributed by atoms with van der Waals surface area (Å²) in [6.45, 7) is 3.93. The number of non-ortho nitro benzene ring substituents is 1. The lowest BCUT2D eigenvalue weighted by molar-refractivity contribution is -0.384. The Bertz CT molecular complexity index is 628. The van der Waals surface area contributed by atoms with Crippen molar-refractivity contribution < 1.29 is 4.92 Å². The molecule has 106 valence electrons. The van der Waals surface area contributed by atoms with Crippen LogP contribution in [0.3, 0.4) is 0 Å². The van der Waals surface area contributed by atoms with Crippen molar-refractivity contribution in [3.05, 3.63) is 44.4 Å². The Labute approximate surface area is 120 Å². The number of rotatable bonds is 5. The Morgan fingerprint density at radius 1 is 1.40 bits per heavy atom. The third kappa shape index (κ3) is 3.22. The molecule has 0 spiro atoms. The number of hydrogen-bond acceptors (Lipinski definition) is 7. The molecule has 0 radical (unpaired) electrons. The smallest absolute Gasteiger partial charge is 0.273 e. The Hall–Kier alpha value is -2.19. The van der Waals surface area contributed by atoms with Gasteiger partial charge in [0, 0.05) is 28.9 Å². The maximum Gasteiger partial charge on any atom is 0.273 e. The van der Waals surface area contributed by atoms with Crippen molar-refractivity contribution >= 4 is 28.4 Å². The summed E-state index contributed by atoms with van der Waals surface area (Å²) in [6.07, 6.45) is 1.80. The van der Waals surface area contributed by atoms with Gasteiger partial charge in [-0.15, -0.1) is 11.3 Å². The molecule has 2 aromatic rings. The highest BCUT2D eigenvalue weighted by Crippen LogP contribution is 2.28. The summed E-state index contributed by atoms with van der Waals surface area (Å²) in [6, 6.07) is 4.52. The minimum Gasteiger partial charge on any atom is -0.376 e. The molecule has 7 nitrogen and oxygen atoms in total. The van der Waals surface area contributed by atoms with Gasteiger partial charge in [0.05, 0.1) is 16.7 Å². The Morgan fingerprint density at radius 2 is 2.10 bits per heavy atom. The number of nitrogens with two attached hydrogens (primary N) is 1. The van der Waals surface area contributed by atoms with Gasteiger partial charge in [-0.25, -0.2) is 4.98 Å². The molecule has 1 heterocycles. The van der Waals surface area contributed by atoms with E-state index in [-0.39, 0.29) is 11.7 Å². The average molecular weight is 293 g/mol. The molecule has 0 aliphatic heterocycles. The number of benzene rings is 1. The van der Waals surface area contributed by atoms with E-state index in [1.54, 1.807) is 23.6 Å². The van der Waals surface area contributed by atoms with Crippen LogP contribution in [0.5, 0.6) is 0 Å². The molecule has 0 saturated carbocycles. The number of thiazole rings is 1. The molecule has 20 heavy (non-hydrogen) atoms. The second kappa shape index (κ2) is 5.85. The third-order valence-corrected chi connectivity index (χ3v) is 3.78. The zero-order valence-corrected chi connectivity index (χ0v) is 11.9. The first kappa shape index (κ1) is 14.2. The lowest BCUT2D eigenvalue weighted by Gasteiger charge is -2.13. The molecule has 0 saturated heterocycles. The van der Waals surface area contributed by atoms with Crippen LogP contribution in [0.2, 0.25) is 0 Å². The number of anilines is 2. The minimum atomic E-state index is -0.454. The third-order valence-electron chi connectivity index (χ3n) is 2.69. The quantitative estimate of drug-likeness (QED) is 0.444. The van der Waals surface area contributed by atoms with Crippen LogP contribution in [0.4, 0.5) is 17.1 Å². The number of aromatic nitrogens is 1. The molecule has 0 aliphatic carbocycles. The second-order valence-corrected chi connectivity index (χ2v) is 5.61. The first-order valence-corrected chi connectivity index (χ1v) is 6.76. The number of nitro benzene ring substituents is 1. The Kier molecular flexibility index (Phi) is 4.16. The van der Waals surface area contributed by atoms with Crippen molar-refractivity contribution in [2.24, 2.45) is 5.84 Å². The molecular weight excluding hydrogens is 278 g/mol. The van der Waals surface area contributed by atoms with E-state index in [0.717, 1.165) is 9.88 Å². The van der Waals surface area contributed by atoms with E-state index in [0.29, 0.717) is 11.4 Å². The van der Waals surface area contributed by atoms with Gasteiger partial charge in [-0.2, -0.15) is 0 Å². The normalized spacial score (nSPS) is 11.9.